The minimum Gasteiger partial charge on any atom is -0.469 e. The van der Waals surface area contributed by atoms with Gasteiger partial charge in [-0.25, -0.2) is 0 Å². The van der Waals surface area contributed by atoms with Crippen LogP contribution in [0, 0.1) is 17.8 Å². The number of esters is 1. The third kappa shape index (κ3) is 3.81. The van der Waals surface area contributed by atoms with Gasteiger partial charge in [-0.05, 0) is 43.8 Å². The van der Waals surface area contributed by atoms with E-state index in [9.17, 15) is 9.59 Å². The normalized spacial score (nSPS) is 26.4. The van der Waals surface area contributed by atoms with E-state index in [2.05, 4.69) is 29.2 Å². The van der Waals surface area contributed by atoms with Gasteiger partial charge in [-0.3, -0.25) is 14.5 Å². The molecule has 1 heterocycles. The highest BCUT2D eigenvalue weighted by molar-refractivity contribution is 5.89. The summed E-state index contributed by atoms with van der Waals surface area (Å²) >= 11 is 0. The van der Waals surface area contributed by atoms with Crippen LogP contribution in [0.25, 0.3) is 0 Å². The van der Waals surface area contributed by atoms with Crippen molar-refractivity contribution in [3.8, 4) is 0 Å². The summed E-state index contributed by atoms with van der Waals surface area (Å²) < 4.78 is 4.80. The molecular formula is C19H25NO3. The first-order valence-electron chi connectivity index (χ1n) is 8.54. The highest BCUT2D eigenvalue weighted by Gasteiger charge is 2.41. The lowest BCUT2D eigenvalue weighted by molar-refractivity contribution is -0.145. The van der Waals surface area contributed by atoms with Crippen molar-refractivity contribution in [2.75, 3.05) is 20.2 Å². The Bertz CT molecular complexity index is 549. The number of hydrogen-bond acceptors (Lipinski definition) is 4. The molecule has 3 rings (SSSR count). The number of methoxy groups -OCH3 is 1. The fourth-order valence-electron chi connectivity index (χ4n) is 4.07. The smallest absolute Gasteiger partial charge is 0.309 e. The molecule has 0 unspecified atom stereocenters. The second-order valence-corrected chi connectivity index (χ2v) is 6.83. The van der Waals surface area contributed by atoms with E-state index in [0.717, 1.165) is 32.5 Å². The first kappa shape index (κ1) is 16.2. The van der Waals surface area contributed by atoms with Crippen molar-refractivity contribution in [1.29, 1.82) is 0 Å². The van der Waals surface area contributed by atoms with E-state index < -0.39 is 0 Å². The standard InChI is InChI=1S/C19H25NO3/c1-23-19(22)16-11-17(18(21)12-16)15-7-9-20(10-8-15)13-14-5-3-2-4-6-14/h2-6,15-17H,7-13H2,1H3/t16-,17-/m0/s1. The number of nitrogens with zero attached hydrogens (tertiary/aromatic N) is 1. The Balaban J connectivity index is 1.51. The highest BCUT2D eigenvalue weighted by Crippen LogP contribution is 2.38. The number of carbonyl (C=O) groups is 2. The average Bonchev–Trinajstić information content (AvgIpc) is 2.98. The second-order valence-electron chi connectivity index (χ2n) is 6.83. The molecule has 2 aliphatic rings. The Labute approximate surface area is 137 Å². The number of hydrogen-bond donors (Lipinski definition) is 0. The van der Waals surface area contributed by atoms with Crippen LogP contribution in [0.1, 0.15) is 31.2 Å². The lowest BCUT2D eigenvalue weighted by Gasteiger charge is -2.34. The van der Waals surface area contributed by atoms with Crippen molar-refractivity contribution in [2.45, 2.75) is 32.2 Å². The maximum atomic E-state index is 12.3. The van der Waals surface area contributed by atoms with E-state index in [1.807, 2.05) is 6.07 Å². The van der Waals surface area contributed by atoms with Crippen molar-refractivity contribution in [3.63, 3.8) is 0 Å². The maximum Gasteiger partial charge on any atom is 0.309 e. The largest absolute Gasteiger partial charge is 0.469 e. The molecule has 4 heteroatoms. The van der Waals surface area contributed by atoms with Crippen LogP contribution in [0.4, 0.5) is 0 Å². The molecule has 2 fully saturated rings. The monoisotopic (exact) mass is 315 g/mol. The number of piperidine rings is 1. The van der Waals surface area contributed by atoms with Gasteiger partial charge in [0.15, 0.2) is 0 Å². The highest BCUT2D eigenvalue weighted by atomic mass is 16.5. The van der Waals surface area contributed by atoms with E-state index in [0.29, 0.717) is 18.8 Å². The molecular weight excluding hydrogens is 290 g/mol. The van der Waals surface area contributed by atoms with Crippen molar-refractivity contribution in [1.82, 2.24) is 4.90 Å². The molecule has 1 saturated carbocycles. The quantitative estimate of drug-likeness (QED) is 0.802. The van der Waals surface area contributed by atoms with E-state index in [-0.39, 0.29) is 23.6 Å². The van der Waals surface area contributed by atoms with Crippen LogP contribution in [-0.4, -0.2) is 36.9 Å². The maximum absolute atomic E-state index is 12.3. The van der Waals surface area contributed by atoms with Gasteiger partial charge in [0, 0.05) is 18.9 Å². The van der Waals surface area contributed by atoms with Crippen LogP contribution in [0.5, 0.6) is 0 Å². The molecule has 0 radical (unpaired) electrons. The number of benzene rings is 1. The molecule has 1 aliphatic heterocycles. The first-order chi connectivity index (χ1) is 11.2. The fraction of sp³-hybridized carbons (Fsp3) is 0.579. The molecule has 0 bridgehead atoms. The average molecular weight is 315 g/mol. The molecule has 1 aromatic carbocycles. The topological polar surface area (TPSA) is 46.6 Å². The number of carbonyl (C=O) groups excluding carboxylic acids is 2. The third-order valence-corrected chi connectivity index (χ3v) is 5.38. The summed E-state index contributed by atoms with van der Waals surface area (Å²) in [6, 6.07) is 10.5. The summed E-state index contributed by atoms with van der Waals surface area (Å²) in [7, 11) is 1.40. The Hall–Kier alpha value is -1.68. The zero-order valence-corrected chi connectivity index (χ0v) is 13.7. The third-order valence-electron chi connectivity index (χ3n) is 5.38. The molecule has 0 spiro atoms. The zero-order valence-electron chi connectivity index (χ0n) is 13.7. The van der Waals surface area contributed by atoms with E-state index in [1.165, 1.54) is 12.7 Å². The SMILES string of the molecule is COC(=O)[C@@H]1CC(=O)[C@H](C2CCN(Cc3ccccc3)CC2)C1. The summed E-state index contributed by atoms with van der Waals surface area (Å²) in [6.07, 6.45) is 3.17. The molecule has 0 amide bonds. The molecule has 4 nitrogen and oxygen atoms in total. The van der Waals surface area contributed by atoms with Crippen LogP contribution in [0.3, 0.4) is 0 Å². The van der Waals surface area contributed by atoms with Crippen molar-refractivity contribution in [3.05, 3.63) is 35.9 Å². The van der Waals surface area contributed by atoms with Crippen LogP contribution < -0.4 is 0 Å². The molecule has 2 atom stereocenters. The van der Waals surface area contributed by atoms with Gasteiger partial charge in [-0.2, -0.15) is 0 Å². The molecule has 1 saturated heterocycles. The molecule has 23 heavy (non-hydrogen) atoms. The zero-order chi connectivity index (χ0) is 16.2. The van der Waals surface area contributed by atoms with E-state index in [1.54, 1.807) is 0 Å². The molecule has 1 aliphatic carbocycles. The fourth-order valence-corrected chi connectivity index (χ4v) is 4.07. The second kappa shape index (κ2) is 7.26. The minimum absolute atomic E-state index is 0.0676. The number of ketones is 1. The van der Waals surface area contributed by atoms with E-state index >= 15 is 0 Å². The molecule has 0 N–H and O–H groups in total. The van der Waals surface area contributed by atoms with Crippen LogP contribution >= 0.6 is 0 Å². The minimum atomic E-state index is -0.220. The van der Waals surface area contributed by atoms with Gasteiger partial charge < -0.3 is 4.74 Å². The molecule has 1 aromatic rings. The van der Waals surface area contributed by atoms with Gasteiger partial charge in [0.05, 0.1) is 13.0 Å². The Morgan fingerprint density at radius 2 is 1.91 bits per heavy atom. The Kier molecular flexibility index (Phi) is 5.11. The van der Waals surface area contributed by atoms with Crippen LogP contribution in [-0.2, 0) is 20.9 Å². The van der Waals surface area contributed by atoms with Crippen molar-refractivity contribution >= 4 is 11.8 Å². The molecule has 0 aromatic heterocycles. The molecule has 124 valence electrons. The number of likely N-dealkylation sites (tertiary alicyclic amines) is 1. The van der Waals surface area contributed by atoms with Gasteiger partial charge >= 0.3 is 5.97 Å². The van der Waals surface area contributed by atoms with Gasteiger partial charge in [-0.1, -0.05) is 30.3 Å². The van der Waals surface area contributed by atoms with Gasteiger partial charge in [0.1, 0.15) is 5.78 Å². The van der Waals surface area contributed by atoms with Crippen LogP contribution in [0.15, 0.2) is 30.3 Å². The predicted molar refractivity (Wildman–Crippen MR) is 87.7 cm³/mol. The van der Waals surface area contributed by atoms with Crippen LogP contribution in [0.2, 0.25) is 0 Å². The van der Waals surface area contributed by atoms with Crippen molar-refractivity contribution in [2.24, 2.45) is 17.8 Å². The Morgan fingerprint density at radius 3 is 2.57 bits per heavy atom. The van der Waals surface area contributed by atoms with Gasteiger partial charge in [0.25, 0.3) is 0 Å². The number of rotatable bonds is 4. The van der Waals surface area contributed by atoms with Gasteiger partial charge in [0.2, 0.25) is 0 Å². The lowest BCUT2D eigenvalue weighted by atomic mass is 9.82. The number of Topliss-reactive ketones (excluding diaryl/α,β-unsaturated/α-hetero) is 1. The number of ether oxygens (including phenoxy) is 1. The first-order valence-corrected chi connectivity index (χ1v) is 8.54. The summed E-state index contributed by atoms with van der Waals surface area (Å²) in [6.45, 7) is 3.05. The summed E-state index contributed by atoms with van der Waals surface area (Å²) in [4.78, 5) is 26.4. The van der Waals surface area contributed by atoms with E-state index in [4.69, 9.17) is 4.74 Å². The summed E-state index contributed by atoms with van der Waals surface area (Å²) in [5.41, 5.74) is 1.34. The van der Waals surface area contributed by atoms with Gasteiger partial charge in [-0.15, -0.1) is 0 Å². The predicted octanol–water partition coefficient (Wildman–Crippen LogP) is 2.67. The summed E-state index contributed by atoms with van der Waals surface area (Å²) in [5, 5.41) is 0. The lowest BCUT2D eigenvalue weighted by Crippen LogP contribution is -2.36. The Morgan fingerprint density at radius 1 is 1.22 bits per heavy atom. The summed E-state index contributed by atoms with van der Waals surface area (Å²) in [5.74, 6) is 0.339. The van der Waals surface area contributed by atoms with Crippen molar-refractivity contribution < 1.29 is 14.3 Å².